The first-order chi connectivity index (χ1) is 38.8. The summed E-state index contributed by atoms with van der Waals surface area (Å²) in [5.41, 5.74) is 8.48. The van der Waals surface area contributed by atoms with E-state index >= 15 is 0 Å². The van der Waals surface area contributed by atoms with Crippen LogP contribution in [0.15, 0.2) is 146 Å². The van der Waals surface area contributed by atoms with E-state index in [1.807, 2.05) is 165 Å². The van der Waals surface area contributed by atoms with Crippen molar-refractivity contribution in [2.45, 2.75) is 32.7 Å². The summed E-state index contributed by atoms with van der Waals surface area (Å²) in [7, 11) is 4.30. The lowest BCUT2D eigenvalue weighted by Crippen LogP contribution is -2.21. The van der Waals surface area contributed by atoms with Gasteiger partial charge in [0.1, 0.15) is 11.4 Å². The molecule has 2 heterocycles. The summed E-state index contributed by atoms with van der Waals surface area (Å²) in [4.78, 5) is 7.83. The average Bonchev–Trinajstić information content (AvgIpc) is 4.15. The van der Waals surface area contributed by atoms with Crippen LogP contribution in [-0.4, -0.2) is 45.8 Å². The number of benzene rings is 7. The lowest BCUT2D eigenvalue weighted by Gasteiger charge is -2.08. The van der Waals surface area contributed by atoms with Crippen molar-refractivity contribution in [2.75, 3.05) is 68.0 Å². The van der Waals surface area contributed by atoms with Crippen molar-refractivity contribution in [3.05, 3.63) is 239 Å². The van der Waals surface area contributed by atoms with Crippen molar-refractivity contribution in [3.8, 4) is 0 Å². The van der Waals surface area contributed by atoms with Gasteiger partial charge >= 0.3 is 0 Å². The number of piperidine rings is 1. The van der Waals surface area contributed by atoms with Crippen LogP contribution in [0, 0.1) is 87.3 Å². The number of nitrogens with two attached hydrogens (primary N) is 1. The van der Waals surface area contributed by atoms with Crippen LogP contribution in [0.4, 0.5) is 100.0 Å². The largest absolute Gasteiger partial charge is 0.394 e. The zero-order valence-electron chi connectivity index (χ0n) is 44.0. The maximum atomic E-state index is 12.8. The number of para-hydroxylation sites is 4. The van der Waals surface area contributed by atoms with E-state index in [0.29, 0.717) is 6.61 Å². The van der Waals surface area contributed by atoms with Gasteiger partial charge in [-0.05, 0) is 101 Å². The minimum Gasteiger partial charge on any atom is -0.394 e. The standard InChI is InChI=1S/C12H11N.C8H6F5N.C8H11NO.C7H4F5N.C7H9N.C6H2F5N.C5H11N.C4H5N/c1-3-7-11(8-4-1)13-12-9-5-2-6-10-12;1-14-2-3-4(9)6(11)8(13)7(12)5(3)10;1-2-10-9-8-6-4-3-5-7-8;1-13-7-5(11)3(9)2(8)4(10)6(7)12;1-8-7-5-3-2-4-6-7;7-1-2(8)4(10)6(12)5(11)3(1)9;1-2-4-6-5-3-1;1-2-4-5-3-1/h1-10,13H;14H,2H2,1H3;3-7,9H,2H2,1H3;13H,1H3;2-6,8H,1H3;12H2;6H,1-5H2;1-5H. The van der Waals surface area contributed by atoms with Gasteiger partial charge in [-0.1, -0.05) is 79.2 Å². The van der Waals surface area contributed by atoms with Gasteiger partial charge in [0.05, 0.1) is 12.3 Å². The zero-order chi connectivity index (χ0) is 60.3. The van der Waals surface area contributed by atoms with Gasteiger partial charge in [0.2, 0.25) is 17.5 Å². The smallest absolute Gasteiger partial charge is 0.200 e. The fourth-order valence-corrected chi connectivity index (χ4v) is 5.98. The van der Waals surface area contributed by atoms with Crippen LogP contribution in [0.1, 0.15) is 31.7 Å². The zero-order valence-corrected chi connectivity index (χ0v) is 44.0. The van der Waals surface area contributed by atoms with Crippen LogP contribution in [-0.2, 0) is 11.4 Å². The van der Waals surface area contributed by atoms with E-state index in [9.17, 15) is 65.9 Å². The summed E-state index contributed by atoms with van der Waals surface area (Å²) in [6.45, 7) is 4.69. The first kappa shape index (κ1) is 68.8. The lowest BCUT2D eigenvalue weighted by atomic mass is 10.1. The molecule has 0 spiro atoms. The van der Waals surface area contributed by atoms with Crippen LogP contribution in [0.2, 0.25) is 0 Å². The molecule has 9 N–H and O–H groups in total. The molecule has 1 saturated heterocycles. The Morgan fingerprint density at radius 2 is 0.753 bits per heavy atom. The first-order valence-corrected chi connectivity index (χ1v) is 24.2. The van der Waals surface area contributed by atoms with Crippen LogP contribution in [0.25, 0.3) is 0 Å². The Kier molecular flexibility index (Phi) is 32.5. The molecular formula is C57H59F15N8O. The number of nitrogen functional groups attached to an aromatic ring is 1. The number of anilines is 6. The molecule has 0 atom stereocenters. The number of H-pyrrole nitrogens is 1. The van der Waals surface area contributed by atoms with Gasteiger partial charge in [0.15, 0.2) is 69.8 Å². The molecule has 0 amide bonds. The monoisotopic (exact) mass is 1160 g/mol. The summed E-state index contributed by atoms with van der Waals surface area (Å²) in [6, 6.07) is 44.0. The van der Waals surface area contributed by atoms with Gasteiger partial charge in [-0.15, -0.1) is 0 Å². The molecule has 9 nitrogen and oxygen atoms in total. The van der Waals surface area contributed by atoms with Crippen LogP contribution < -0.4 is 37.8 Å². The van der Waals surface area contributed by atoms with Gasteiger partial charge in [0.25, 0.3) is 0 Å². The van der Waals surface area contributed by atoms with E-state index in [1.54, 1.807) is 0 Å². The third-order valence-corrected chi connectivity index (χ3v) is 10.1. The van der Waals surface area contributed by atoms with Gasteiger partial charge in [-0.2, -0.15) is 0 Å². The lowest BCUT2D eigenvalue weighted by molar-refractivity contribution is 0.210. The van der Waals surface area contributed by atoms with E-state index in [0.717, 1.165) is 29.8 Å². The van der Waals surface area contributed by atoms with Crippen LogP contribution >= 0.6 is 0 Å². The van der Waals surface area contributed by atoms with Gasteiger partial charge < -0.3 is 37.3 Å². The third kappa shape index (κ3) is 23.5. The Bertz CT molecular complexity index is 2780. The summed E-state index contributed by atoms with van der Waals surface area (Å²) in [5.74, 6) is -29.7. The molecule has 1 aliphatic rings. The molecule has 0 unspecified atom stereocenters. The summed E-state index contributed by atoms with van der Waals surface area (Å²) in [5, 5.41) is 13.8. The fraction of sp³-hybridized carbons (Fsp3) is 0.193. The SMILES string of the molecule is C1CCNCC1.CCONc1ccccc1.CNCc1c(F)c(F)c(F)c(F)c1F.CNc1c(F)c(F)c(F)c(F)c1F.CNc1ccccc1.Nc1c(F)c(F)c(F)c(F)c1F.c1cc[nH]c1.c1ccc(Nc2ccccc2)cc1. The molecule has 0 saturated carbocycles. The topological polar surface area (TPSA) is 123 Å². The van der Waals surface area contributed by atoms with Gasteiger partial charge in [0, 0.05) is 55.7 Å². The van der Waals surface area contributed by atoms with E-state index < -0.39 is 111 Å². The third-order valence-electron chi connectivity index (χ3n) is 10.1. The Labute approximate surface area is 458 Å². The van der Waals surface area contributed by atoms with Crippen molar-refractivity contribution in [3.63, 3.8) is 0 Å². The number of hydrogen-bond acceptors (Lipinski definition) is 8. The van der Waals surface area contributed by atoms with Crippen molar-refractivity contribution in [1.29, 1.82) is 0 Å². The highest BCUT2D eigenvalue weighted by Gasteiger charge is 2.26. The highest BCUT2D eigenvalue weighted by Crippen LogP contribution is 2.27. The maximum absolute atomic E-state index is 12.8. The van der Waals surface area contributed by atoms with Crippen molar-refractivity contribution in [1.82, 2.24) is 15.6 Å². The van der Waals surface area contributed by atoms with E-state index in [2.05, 4.69) is 37.5 Å². The summed E-state index contributed by atoms with van der Waals surface area (Å²) >= 11 is 0. The van der Waals surface area contributed by atoms with E-state index in [1.165, 1.54) is 39.4 Å². The molecule has 1 aliphatic heterocycles. The quantitative estimate of drug-likeness (QED) is 0.0236. The molecule has 24 heteroatoms. The summed E-state index contributed by atoms with van der Waals surface area (Å²) in [6.07, 6.45) is 7.97. The summed E-state index contributed by atoms with van der Waals surface area (Å²) < 4.78 is 187. The minimum atomic E-state index is -2.21. The number of aromatic amines is 1. The molecule has 9 rings (SSSR count). The highest BCUT2D eigenvalue weighted by molar-refractivity contribution is 5.59. The molecule has 81 heavy (non-hydrogen) atoms. The van der Waals surface area contributed by atoms with Crippen molar-refractivity contribution < 1.29 is 70.7 Å². The molecule has 8 aromatic rings. The number of hydrogen-bond donors (Lipinski definition) is 8. The molecule has 1 aromatic heterocycles. The average molecular weight is 1160 g/mol. The second-order valence-corrected chi connectivity index (χ2v) is 15.8. The molecule has 0 aliphatic carbocycles. The molecular weight excluding hydrogens is 1100 g/mol. The van der Waals surface area contributed by atoms with Crippen molar-refractivity contribution in [2.24, 2.45) is 0 Å². The fourth-order valence-electron chi connectivity index (χ4n) is 5.98. The second kappa shape index (κ2) is 38.3. The van der Waals surface area contributed by atoms with Crippen LogP contribution in [0.3, 0.4) is 0 Å². The Hall–Kier alpha value is -8.35. The molecule has 438 valence electrons. The maximum Gasteiger partial charge on any atom is 0.200 e. The number of halogens is 15. The van der Waals surface area contributed by atoms with Crippen LogP contribution in [0.5, 0.6) is 0 Å². The predicted molar refractivity (Wildman–Crippen MR) is 287 cm³/mol. The molecule has 0 bridgehead atoms. The Balaban J connectivity index is 0.000000321. The number of rotatable bonds is 9. The predicted octanol–water partition coefficient (Wildman–Crippen LogP) is 15.5. The van der Waals surface area contributed by atoms with Gasteiger partial charge in [-0.3, -0.25) is 10.3 Å². The van der Waals surface area contributed by atoms with Gasteiger partial charge in [-0.25, -0.2) is 65.9 Å². The first-order valence-electron chi connectivity index (χ1n) is 24.2. The normalized spacial score (nSPS) is 10.9. The highest BCUT2D eigenvalue weighted by atomic mass is 19.2. The minimum absolute atomic E-state index is 0.425. The van der Waals surface area contributed by atoms with Crippen molar-refractivity contribution >= 4 is 34.1 Å². The van der Waals surface area contributed by atoms with E-state index in [-0.39, 0.29) is 0 Å². The number of nitrogens with one attached hydrogen (secondary N) is 7. The Morgan fingerprint density at radius 1 is 0.407 bits per heavy atom. The second-order valence-electron chi connectivity index (χ2n) is 15.8. The molecule has 1 fully saturated rings. The number of aromatic nitrogens is 1. The Morgan fingerprint density at radius 3 is 1.04 bits per heavy atom. The molecule has 0 radical (unpaired) electrons. The van der Waals surface area contributed by atoms with E-state index in [4.69, 9.17) is 4.84 Å². The molecule has 7 aromatic carbocycles.